The molecule has 21 heavy (non-hydrogen) atoms. The summed E-state index contributed by atoms with van der Waals surface area (Å²) < 4.78 is 12.7. The molecule has 0 spiro atoms. The summed E-state index contributed by atoms with van der Waals surface area (Å²) >= 11 is -0.0838. The molecular formula is C16H22O4Se. The molecule has 0 bridgehead atoms. The van der Waals surface area contributed by atoms with Crippen LogP contribution >= 0.6 is 0 Å². The fraction of sp³-hybridized carbons (Fsp3) is 0.562. The van der Waals surface area contributed by atoms with Crippen LogP contribution in [-0.2, 0) is 14.3 Å². The number of Topliss-reactive ketones (excluding diaryl/α,β-unsaturated/α-hetero) is 1. The van der Waals surface area contributed by atoms with Gasteiger partial charge < -0.3 is 0 Å². The van der Waals surface area contributed by atoms with Crippen molar-refractivity contribution >= 4 is 25.2 Å². The zero-order valence-electron chi connectivity index (χ0n) is 12.6. The number of hydrogen-bond donors (Lipinski definition) is 1. The minimum atomic E-state index is -1.21. The molecule has 0 aliphatic carbocycles. The Kier molecular flexibility index (Phi) is 5.58. The number of benzene rings is 1. The Bertz CT molecular complexity index is 476. The molecule has 0 saturated carbocycles. The zero-order valence-corrected chi connectivity index (χ0v) is 14.3. The Hall–Kier alpha value is -0.711. The molecule has 1 aromatic rings. The number of carbonyl (C=O) groups excluding carboxylic acids is 1. The molecule has 5 heteroatoms. The molecule has 0 amide bonds. The molecule has 1 N–H and O–H groups in total. The first-order valence-corrected chi connectivity index (χ1v) is 9.08. The maximum absolute atomic E-state index is 12.9. The van der Waals surface area contributed by atoms with Crippen molar-refractivity contribution in [3.8, 4) is 0 Å². The fourth-order valence-electron chi connectivity index (χ4n) is 2.53. The van der Waals surface area contributed by atoms with Crippen LogP contribution < -0.4 is 4.46 Å². The van der Waals surface area contributed by atoms with Crippen LogP contribution in [0.5, 0.6) is 0 Å². The third kappa shape index (κ3) is 3.22. The maximum atomic E-state index is 12.9. The van der Waals surface area contributed by atoms with Gasteiger partial charge in [-0.3, -0.25) is 0 Å². The topological polar surface area (TPSA) is 55.8 Å². The number of aliphatic hydroxyl groups is 1. The van der Waals surface area contributed by atoms with Crippen molar-refractivity contribution in [2.24, 2.45) is 5.92 Å². The predicted octanol–water partition coefficient (Wildman–Crippen LogP) is 1.15. The van der Waals surface area contributed by atoms with Crippen molar-refractivity contribution in [2.75, 3.05) is 13.2 Å². The van der Waals surface area contributed by atoms with E-state index in [9.17, 15) is 9.90 Å². The SMILES string of the molecule is CCOC1(C(C)C)OC(CO)C([Se]c2ccccc2)C1=O. The number of carbonyl (C=O) groups is 1. The van der Waals surface area contributed by atoms with Gasteiger partial charge in [-0.1, -0.05) is 0 Å². The van der Waals surface area contributed by atoms with Gasteiger partial charge in [-0.05, 0) is 0 Å². The molecule has 3 unspecified atom stereocenters. The van der Waals surface area contributed by atoms with Crippen LogP contribution in [0.1, 0.15) is 20.8 Å². The summed E-state index contributed by atoms with van der Waals surface area (Å²) in [4.78, 5) is 12.6. The number of aliphatic hydroxyl groups excluding tert-OH is 1. The standard InChI is InChI=1S/C16H22O4Se/c1-4-19-16(11(2)3)15(18)14(13(10-17)20-16)21-12-8-6-5-7-9-12/h5-9,11,13-14,17H,4,10H2,1-3H3. The molecule has 2 rings (SSSR count). The summed E-state index contributed by atoms with van der Waals surface area (Å²) in [5, 5.41) is 9.59. The van der Waals surface area contributed by atoms with E-state index in [2.05, 4.69) is 0 Å². The van der Waals surface area contributed by atoms with Gasteiger partial charge in [0.2, 0.25) is 0 Å². The summed E-state index contributed by atoms with van der Waals surface area (Å²) in [5.74, 6) is -1.32. The van der Waals surface area contributed by atoms with Crippen molar-refractivity contribution in [2.45, 2.75) is 37.5 Å². The van der Waals surface area contributed by atoms with Crippen molar-refractivity contribution in [3.05, 3.63) is 30.3 Å². The average Bonchev–Trinajstić information content (AvgIpc) is 2.75. The molecule has 3 atom stereocenters. The van der Waals surface area contributed by atoms with Crippen LogP contribution in [-0.4, -0.2) is 51.0 Å². The van der Waals surface area contributed by atoms with Gasteiger partial charge in [0, 0.05) is 0 Å². The molecule has 1 aliphatic heterocycles. The van der Waals surface area contributed by atoms with Crippen molar-refractivity contribution in [3.63, 3.8) is 0 Å². The Balaban J connectivity index is 2.26. The average molecular weight is 357 g/mol. The summed E-state index contributed by atoms with van der Waals surface area (Å²) in [6.45, 7) is 5.93. The van der Waals surface area contributed by atoms with Gasteiger partial charge >= 0.3 is 132 Å². The summed E-state index contributed by atoms with van der Waals surface area (Å²) in [7, 11) is 0. The van der Waals surface area contributed by atoms with E-state index in [1.807, 2.05) is 51.1 Å². The van der Waals surface area contributed by atoms with E-state index in [1.54, 1.807) is 0 Å². The normalized spacial score (nSPS) is 29.3. The zero-order chi connectivity index (χ0) is 15.5. The van der Waals surface area contributed by atoms with Crippen LogP contribution in [0.4, 0.5) is 0 Å². The molecule has 0 radical (unpaired) electrons. The van der Waals surface area contributed by atoms with Crippen LogP contribution in [0.3, 0.4) is 0 Å². The number of hydrogen-bond acceptors (Lipinski definition) is 4. The number of rotatable bonds is 6. The third-order valence-corrected chi connectivity index (χ3v) is 6.33. The molecule has 4 nitrogen and oxygen atoms in total. The van der Waals surface area contributed by atoms with Crippen molar-refractivity contribution < 1.29 is 19.4 Å². The monoisotopic (exact) mass is 358 g/mol. The Labute approximate surface area is 132 Å². The van der Waals surface area contributed by atoms with E-state index in [0.717, 1.165) is 4.46 Å². The molecule has 1 heterocycles. The second kappa shape index (κ2) is 7.03. The van der Waals surface area contributed by atoms with Crippen molar-refractivity contribution in [1.29, 1.82) is 0 Å². The van der Waals surface area contributed by atoms with Gasteiger partial charge in [0.05, 0.1) is 0 Å². The summed E-state index contributed by atoms with van der Waals surface area (Å²) in [6, 6.07) is 9.90. The van der Waals surface area contributed by atoms with E-state index in [1.165, 1.54) is 0 Å². The van der Waals surface area contributed by atoms with Crippen LogP contribution in [0, 0.1) is 5.92 Å². The van der Waals surface area contributed by atoms with Gasteiger partial charge in [-0.25, -0.2) is 0 Å². The molecule has 1 aliphatic rings. The first kappa shape index (κ1) is 16.7. The quantitative estimate of drug-likeness (QED) is 0.777. The Morgan fingerprint density at radius 2 is 2.05 bits per heavy atom. The van der Waals surface area contributed by atoms with E-state index in [-0.39, 0.29) is 38.1 Å². The number of ether oxygens (including phenoxy) is 2. The van der Waals surface area contributed by atoms with Crippen LogP contribution in [0.2, 0.25) is 4.82 Å². The second-order valence-electron chi connectivity index (χ2n) is 5.31. The fourth-order valence-corrected chi connectivity index (χ4v) is 4.99. The van der Waals surface area contributed by atoms with Crippen molar-refractivity contribution in [1.82, 2.24) is 0 Å². The molecule has 0 aromatic heterocycles. The van der Waals surface area contributed by atoms with Gasteiger partial charge in [0.25, 0.3) is 0 Å². The van der Waals surface area contributed by atoms with E-state index in [0.29, 0.717) is 6.61 Å². The number of ketones is 1. The van der Waals surface area contributed by atoms with Gasteiger partial charge in [0.15, 0.2) is 0 Å². The first-order chi connectivity index (χ1) is 10.0. The van der Waals surface area contributed by atoms with E-state index >= 15 is 0 Å². The minimum absolute atomic E-state index is 0.0257. The molecule has 1 aromatic carbocycles. The van der Waals surface area contributed by atoms with Gasteiger partial charge in [-0.15, -0.1) is 0 Å². The summed E-state index contributed by atoms with van der Waals surface area (Å²) in [6.07, 6.45) is -0.480. The first-order valence-electron chi connectivity index (χ1n) is 7.23. The van der Waals surface area contributed by atoms with E-state index in [4.69, 9.17) is 9.47 Å². The van der Waals surface area contributed by atoms with Crippen LogP contribution in [0.25, 0.3) is 0 Å². The second-order valence-corrected chi connectivity index (χ2v) is 7.86. The van der Waals surface area contributed by atoms with Gasteiger partial charge in [0.1, 0.15) is 0 Å². The Morgan fingerprint density at radius 3 is 2.57 bits per heavy atom. The molecule has 1 saturated heterocycles. The predicted molar refractivity (Wildman–Crippen MR) is 81.7 cm³/mol. The van der Waals surface area contributed by atoms with Crippen LogP contribution in [0.15, 0.2) is 30.3 Å². The molecule has 1 fully saturated rings. The van der Waals surface area contributed by atoms with E-state index < -0.39 is 11.9 Å². The molecular weight excluding hydrogens is 335 g/mol. The third-order valence-electron chi connectivity index (χ3n) is 3.57. The summed E-state index contributed by atoms with van der Waals surface area (Å²) in [5.41, 5.74) is 0. The Morgan fingerprint density at radius 1 is 1.38 bits per heavy atom. The van der Waals surface area contributed by atoms with Gasteiger partial charge in [-0.2, -0.15) is 0 Å². The molecule has 116 valence electrons.